The lowest BCUT2D eigenvalue weighted by atomic mass is 9.49. The molecule has 2 heterocycles. The van der Waals surface area contributed by atoms with Crippen molar-refractivity contribution in [2.75, 3.05) is 38.0 Å². The van der Waals surface area contributed by atoms with E-state index in [0.717, 1.165) is 43.2 Å². The van der Waals surface area contributed by atoms with Crippen LogP contribution < -0.4 is 10.6 Å². The summed E-state index contributed by atoms with van der Waals surface area (Å²) in [5.41, 5.74) is 1.06. The molecule has 5 fully saturated rings. The molecular weight excluding hydrogens is 348 g/mol. The van der Waals surface area contributed by atoms with E-state index in [1.165, 1.54) is 64.5 Å². The molecule has 5 aliphatic rings. The number of hydrogen-bond acceptors (Lipinski definition) is 4. The Bertz CT molecular complexity index is 677. The average molecular weight is 383 g/mol. The molecule has 0 spiro atoms. The van der Waals surface area contributed by atoms with Crippen molar-refractivity contribution in [2.24, 2.45) is 23.2 Å². The molecule has 0 radical (unpaired) electrons. The first-order valence-electron chi connectivity index (χ1n) is 11.4. The summed E-state index contributed by atoms with van der Waals surface area (Å²) < 4.78 is 0. The second-order valence-electron chi connectivity index (χ2n) is 9.98. The maximum atomic E-state index is 13.0. The number of pyridine rings is 1. The van der Waals surface area contributed by atoms with Gasteiger partial charge in [-0.25, -0.2) is 4.98 Å². The molecule has 1 aromatic heterocycles. The average Bonchev–Trinajstić information content (AvgIpc) is 3.19. The minimum absolute atomic E-state index is 0.0347. The molecule has 0 atom stereocenters. The van der Waals surface area contributed by atoms with Crippen LogP contribution in [0.5, 0.6) is 0 Å². The molecule has 2 N–H and O–H groups in total. The second kappa shape index (κ2) is 7.66. The van der Waals surface area contributed by atoms with Crippen LogP contribution in [0.1, 0.15) is 61.7 Å². The van der Waals surface area contributed by atoms with Gasteiger partial charge in [-0.3, -0.25) is 4.79 Å². The quantitative estimate of drug-likeness (QED) is 0.757. The predicted octanol–water partition coefficient (Wildman–Crippen LogP) is 3.54. The van der Waals surface area contributed by atoms with Gasteiger partial charge in [0.05, 0.1) is 5.56 Å². The van der Waals surface area contributed by atoms with Crippen molar-refractivity contribution in [1.82, 2.24) is 15.2 Å². The van der Waals surface area contributed by atoms with Crippen LogP contribution in [0.15, 0.2) is 18.3 Å². The third-order valence-corrected chi connectivity index (χ3v) is 7.76. The van der Waals surface area contributed by atoms with E-state index >= 15 is 0 Å². The zero-order chi connectivity index (χ0) is 19.0. The van der Waals surface area contributed by atoms with Crippen LogP contribution in [0.25, 0.3) is 0 Å². The van der Waals surface area contributed by atoms with Crippen molar-refractivity contribution < 1.29 is 4.79 Å². The number of carbonyl (C=O) groups excluding carboxylic acids is 1. The molecule has 1 aromatic rings. The number of amides is 1. The van der Waals surface area contributed by atoms with Crippen LogP contribution in [0, 0.1) is 23.2 Å². The zero-order valence-corrected chi connectivity index (χ0v) is 17.0. The van der Waals surface area contributed by atoms with Gasteiger partial charge in [0.1, 0.15) is 5.82 Å². The Hall–Kier alpha value is -1.62. The summed E-state index contributed by atoms with van der Waals surface area (Å²) in [6.07, 6.45) is 12.7. The summed E-state index contributed by atoms with van der Waals surface area (Å²) in [5.74, 6) is 3.52. The van der Waals surface area contributed by atoms with Crippen LogP contribution in [0.4, 0.5) is 5.82 Å². The van der Waals surface area contributed by atoms with Crippen molar-refractivity contribution in [3.05, 3.63) is 23.9 Å². The standard InChI is InChI=1S/C23H34N4O/c28-22(26-16-23-13-17-10-18(14-23)12-19(11-17)15-23)20-4-3-5-24-21(20)25-6-9-27-7-1-2-8-27/h3-5,17-19H,1-2,6-16H2,(H,24,25)(H,26,28). The van der Waals surface area contributed by atoms with Crippen LogP contribution >= 0.6 is 0 Å². The number of anilines is 1. The van der Waals surface area contributed by atoms with E-state index in [2.05, 4.69) is 20.5 Å². The van der Waals surface area contributed by atoms with Crippen molar-refractivity contribution in [1.29, 1.82) is 0 Å². The van der Waals surface area contributed by atoms with Gasteiger partial charge in [0, 0.05) is 25.8 Å². The van der Waals surface area contributed by atoms with Gasteiger partial charge >= 0.3 is 0 Å². The minimum Gasteiger partial charge on any atom is -0.368 e. The predicted molar refractivity (Wildman–Crippen MR) is 111 cm³/mol. The topological polar surface area (TPSA) is 57.3 Å². The van der Waals surface area contributed by atoms with Gasteiger partial charge in [-0.1, -0.05) is 0 Å². The summed E-state index contributed by atoms with van der Waals surface area (Å²) in [6, 6.07) is 3.77. The number of rotatable bonds is 7. The Morgan fingerprint density at radius 2 is 1.79 bits per heavy atom. The molecule has 0 aromatic carbocycles. The van der Waals surface area contributed by atoms with Crippen LogP contribution in [-0.2, 0) is 0 Å². The zero-order valence-electron chi connectivity index (χ0n) is 17.0. The molecule has 1 amide bonds. The van der Waals surface area contributed by atoms with E-state index in [9.17, 15) is 4.79 Å². The monoisotopic (exact) mass is 382 g/mol. The number of likely N-dealkylation sites (tertiary alicyclic amines) is 1. The van der Waals surface area contributed by atoms with Gasteiger partial charge in [-0.05, 0) is 99.8 Å². The highest BCUT2D eigenvalue weighted by Crippen LogP contribution is 2.59. The Morgan fingerprint density at radius 3 is 2.46 bits per heavy atom. The molecule has 152 valence electrons. The van der Waals surface area contributed by atoms with Crippen molar-refractivity contribution >= 4 is 11.7 Å². The molecule has 1 aliphatic heterocycles. The van der Waals surface area contributed by atoms with Crippen molar-refractivity contribution in [3.63, 3.8) is 0 Å². The first kappa shape index (κ1) is 18.4. The maximum absolute atomic E-state index is 13.0. The largest absolute Gasteiger partial charge is 0.368 e. The summed E-state index contributed by atoms with van der Waals surface area (Å²) in [5, 5.41) is 6.70. The molecule has 4 bridgehead atoms. The van der Waals surface area contributed by atoms with E-state index in [-0.39, 0.29) is 5.91 Å². The summed E-state index contributed by atoms with van der Waals surface area (Å²) in [4.78, 5) is 19.9. The molecule has 4 saturated carbocycles. The van der Waals surface area contributed by atoms with E-state index in [0.29, 0.717) is 11.0 Å². The van der Waals surface area contributed by atoms with Crippen LogP contribution in [0.2, 0.25) is 0 Å². The lowest BCUT2D eigenvalue weighted by Crippen LogP contribution is -2.51. The smallest absolute Gasteiger partial charge is 0.255 e. The fraction of sp³-hybridized carbons (Fsp3) is 0.739. The highest BCUT2D eigenvalue weighted by atomic mass is 16.1. The second-order valence-corrected chi connectivity index (χ2v) is 9.98. The summed E-state index contributed by atoms with van der Waals surface area (Å²) in [6.45, 7) is 5.10. The van der Waals surface area contributed by atoms with Gasteiger partial charge in [0.15, 0.2) is 0 Å². The van der Waals surface area contributed by atoms with Gasteiger partial charge < -0.3 is 15.5 Å². The molecular formula is C23H34N4O. The minimum atomic E-state index is 0.0347. The van der Waals surface area contributed by atoms with Gasteiger partial charge in [-0.15, -0.1) is 0 Å². The first-order chi connectivity index (χ1) is 13.7. The molecule has 1 saturated heterocycles. The van der Waals surface area contributed by atoms with Gasteiger partial charge in [-0.2, -0.15) is 0 Å². The summed E-state index contributed by atoms with van der Waals surface area (Å²) in [7, 11) is 0. The fourth-order valence-corrected chi connectivity index (χ4v) is 6.94. The van der Waals surface area contributed by atoms with Crippen molar-refractivity contribution in [3.8, 4) is 0 Å². The van der Waals surface area contributed by atoms with E-state index in [1.54, 1.807) is 6.20 Å². The molecule has 6 rings (SSSR count). The van der Waals surface area contributed by atoms with Crippen molar-refractivity contribution in [2.45, 2.75) is 51.4 Å². The normalized spacial score (nSPS) is 33.9. The Kier molecular flexibility index (Phi) is 5.04. The summed E-state index contributed by atoms with van der Waals surface area (Å²) >= 11 is 0. The fourth-order valence-electron chi connectivity index (χ4n) is 6.94. The van der Waals surface area contributed by atoms with E-state index in [1.807, 2.05) is 12.1 Å². The number of aromatic nitrogens is 1. The van der Waals surface area contributed by atoms with E-state index in [4.69, 9.17) is 0 Å². The lowest BCUT2D eigenvalue weighted by Gasteiger charge is -2.56. The Balaban J connectivity index is 1.18. The molecule has 28 heavy (non-hydrogen) atoms. The van der Waals surface area contributed by atoms with Gasteiger partial charge in [0.25, 0.3) is 5.91 Å². The molecule has 5 nitrogen and oxygen atoms in total. The SMILES string of the molecule is O=C(NCC12CC3CC(CC(C3)C1)C2)c1cccnc1NCCN1CCCC1. The number of nitrogens with one attached hydrogen (secondary N) is 2. The van der Waals surface area contributed by atoms with Crippen LogP contribution in [-0.4, -0.2) is 48.5 Å². The number of nitrogens with zero attached hydrogens (tertiary/aromatic N) is 2. The van der Waals surface area contributed by atoms with E-state index < -0.39 is 0 Å². The third-order valence-electron chi connectivity index (χ3n) is 7.76. The molecule has 5 heteroatoms. The molecule has 4 aliphatic carbocycles. The first-order valence-corrected chi connectivity index (χ1v) is 11.4. The Labute approximate surface area is 168 Å². The van der Waals surface area contributed by atoms with Crippen LogP contribution in [0.3, 0.4) is 0 Å². The Morgan fingerprint density at radius 1 is 1.11 bits per heavy atom. The highest BCUT2D eigenvalue weighted by Gasteiger charge is 2.50. The highest BCUT2D eigenvalue weighted by molar-refractivity contribution is 5.98. The lowest BCUT2D eigenvalue weighted by molar-refractivity contribution is -0.0503. The molecule has 0 unspecified atom stereocenters. The third kappa shape index (κ3) is 3.78. The number of hydrogen-bond donors (Lipinski definition) is 2. The van der Waals surface area contributed by atoms with Gasteiger partial charge in [0.2, 0.25) is 0 Å². The number of carbonyl (C=O) groups is 1. The maximum Gasteiger partial charge on any atom is 0.255 e.